The largest absolute Gasteiger partial charge is 0.345 e. The van der Waals surface area contributed by atoms with Crippen molar-refractivity contribution in [1.29, 1.82) is 0 Å². The normalized spacial score (nSPS) is 11.3. The van der Waals surface area contributed by atoms with Crippen molar-refractivity contribution in [1.82, 2.24) is 4.57 Å². The van der Waals surface area contributed by atoms with Gasteiger partial charge in [0.1, 0.15) is 0 Å². The lowest BCUT2D eigenvalue weighted by atomic mass is 9.94. The molecule has 0 aliphatic carbocycles. The Labute approximate surface area is 172 Å². The molecule has 0 saturated carbocycles. The van der Waals surface area contributed by atoms with Gasteiger partial charge in [-0.05, 0) is 62.1 Å². The first-order chi connectivity index (χ1) is 13.6. The summed E-state index contributed by atoms with van der Waals surface area (Å²) >= 11 is 6.15. The van der Waals surface area contributed by atoms with Gasteiger partial charge in [-0.25, -0.2) is 0 Å². The van der Waals surface area contributed by atoms with Crippen molar-refractivity contribution in [2.24, 2.45) is 0 Å². The van der Waals surface area contributed by atoms with E-state index in [1.165, 1.54) is 42.3 Å². The first-order valence-electron chi connectivity index (χ1n) is 10.3. The van der Waals surface area contributed by atoms with Crippen molar-refractivity contribution >= 4 is 34.1 Å². The fourth-order valence-electron chi connectivity index (χ4n) is 4.04. The third-order valence-corrected chi connectivity index (χ3v) is 5.65. The molecule has 0 atom stereocenters. The van der Waals surface area contributed by atoms with Crippen LogP contribution in [0.4, 0.5) is 5.69 Å². The van der Waals surface area contributed by atoms with Crippen LogP contribution in [0.2, 0.25) is 5.02 Å². The Morgan fingerprint density at radius 3 is 2.39 bits per heavy atom. The highest BCUT2D eigenvalue weighted by Crippen LogP contribution is 2.33. The van der Waals surface area contributed by atoms with Gasteiger partial charge < -0.3 is 9.88 Å². The molecule has 4 heteroatoms. The average molecular weight is 397 g/mol. The second kappa shape index (κ2) is 9.29. The summed E-state index contributed by atoms with van der Waals surface area (Å²) in [5.74, 6) is 0.401. The van der Waals surface area contributed by atoms with Gasteiger partial charge >= 0.3 is 0 Å². The number of hydrogen-bond acceptors (Lipinski definition) is 1. The van der Waals surface area contributed by atoms with Crippen molar-refractivity contribution < 1.29 is 4.79 Å². The number of halogens is 1. The number of hydrogen-bond donors (Lipinski definition) is 1. The van der Waals surface area contributed by atoms with Crippen LogP contribution in [0.25, 0.3) is 10.9 Å². The lowest BCUT2D eigenvalue weighted by Gasteiger charge is -2.18. The molecule has 0 aliphatic rings. The van der Waals surface area contributed by atoms with Crippen LogP contribution >= 0.6 is 11.6 Å². The van der Waals surface area contributed by atoms with E-state index >= 15 is 0 Å². The smallest absolute Gasteiger partial charge is 0.257 e. The van der Waals surface area contributed by atoms with Crippen molar-refractivity contribution in [3.63, 3.8) is 0 Å². The highest BCUT2D eigenvalue weighted by atomic mass is 35.5. The number of anilines is 1. The van der Waals surface area contributed by atoms with Gasteiger partial charge in [0.2, 0.25) is 0 Å². The van der Waals surface area contributed by atoms with E-state index in [-0.39, 0.29) is 5.91 Å². The quantitative estimate of drug-likeness (QED) is 0.427. The fraction of sp³-hybridized carbons (Fsp3) is 0.375. The molecular weight excluding hydrogens is 368 g/mol. The third kappa shape index (κ3) is 4.25. The van der Waals surface area contributed by atoms with Crippen LogP contribution in [-0.4, -0.2) is 10.5 Å². The maximum Gasteiger partial charge on any atom is 0.257 e. The van der Waals surface area contributed by atoms with Crippen molar-refractivity contribution in [2.45, 2.75) is 58.9 Å². The van der Waals surface area contributed by atoms with Crippen LogP contribution < -0.4 is 5.32 Å². The maximum atomic E-state index is 12.6. The van der Waals surface area contributed by atoms with E-state index in [0.29, 0.717) is 16.5 Å². The summed E-state index contributed by atoms with van der Waals surface area (Å²) in [7, 11) is 0. The van der Waals surface area contributed by atoms with E-state index in [2.05, 4.69) is 48.9 Å². The maximum absolute atomic E-state index is 12.6. The number of benzene rings is 2. The molecule has 1 aromatic heterocycles. The van der Waals surface area contributed by atoms with E-state index in [0.717, 1.165) is 12.2 Å². The predicted molar refractivity (Wildman–Crippen MR) is 120 cm³/mol. The molecule has 1 N–H and O–H groups in total. The second-order valence-corrected chi connectivity index (χ2v) is 7.70. The van der Waals surface area contributed by atoms with E-state index < -0.39 is 0 Å². The van der Waals surface area contributed by atoms with Gasteiger partial charge in [0.05, 0.1) is 10.6 Å². The number of aromatic nitrogens is 1. The Hall–Kier alpha value is -2.26. The first-order valence-corrected chi connectivity index (χ1v) is 10.7. The van der Waals surface area contributed by atoms with Crippen LogP contribution in [0.15, 0.2) is 48.5 Å². The van der Waals surface area contributed by atoms with Gasteiger partial charge in [0.25, 0.3) is 5.91 Å². The number of nitrogens with zero attached hydrogens (tertiary/aromatic N) is 1. The number of carbonyl (C=O) groups is 1. The van der Waals surface area contributed by atoms with Crippen molar-refractivity contribution in [3.05, 3.63) is 64.8 Å². The Morgan fingerprint density at radius 1 is 1.04 bits per heavy atom. The lowest BCUT2D eigenvalue weighted by molar-refractivity contribution is 0.102. The molecule has 0 saturated heterocycles. The second-order valence-electron chi connectivity index (χ2n) is 7.30. The first kappa shape index (κ1) is 20.5. The molecular formula is C24H29ClN2O. The molecule has 1 heterocycles. The summed E-state index contributed by atoms with van der Waals surface area (Å²) in [6.07, 6.45) is 4.80. The topological polar surface area (TPSA) is 34.0 Å². The minimum absolute atomic E-state index is 0.185. The molecule has 2 aromatic carbocycles. The van der Waals surface area contributed by atoms with Crippen LogP contribution in [-0.2, 0) is 6.54 Å². The Bertz CT molecular complexity index is 954. The predicted octanol–water partition coefficient (Wildman–Crippen LogP) is 7.25. The van der Waals surface area contributed by atoms with Crippen LogP contribution in [0.1, 0.15) is 68.4 Å². The molecule has 0 unspecified atom stereocenters. The minimum Gasteiger partial charge on any atom is -0.345 e. The summed E-state index contributed by atoms with van der Waals surface area (Å²) in [6, 6.07) is 15.6. The zero-order chi connectivity index (χ0) is 20.1. The van der Waals surface area contributed by atoms with E-state index in [9.17, 15) is 4.79 Å². The number of carbonyl (C=O) groups excluding carboxylic acids is 1. The molecule has 0 spiro atoms. The fourth-order valence-corrected chi connectivity index (χ4v) is 4.26. The minimum atomic E-state index is -0.185. The third-order valence-electron chi connectivity index (χ3n) is 5.32. The van der Waals surface area contributed by atoms with Gasteiger partial charge in [-0.15, -0.1) is 0 Å². The molecule has 3 nitrogen and oxygen atoms in total. The molecule has 0 radical (unpaired) electrons. The van der Waals surface area contributed by atoms with Crippen molar-refractivity contribution in [2.75, 3.05) is 5.32 Å². The Balaban J connectivity index is 1.93. The molecule has 0 fully saturated rings. The Morgan fingerprint density at radius 2 is 1.75 bits per heavy atom. The summed E-state index contributed by atoms with van der Waals surface area (Å²) in [4.78, 5) is 12.6. The number of amides is 1. The summed E-state index contributed by atoms with van der Waals surface area (Å²) < 4.78 is 2.42. The standard InChI is InChI=1S/C24H29ClN2O/c1-4-9-17(10-5-2)23-16-18-15-19(13-14-22(18)27(23)6-3)26-24(28)20-11-7-8-12-21(20)25/h7-8,11-17H,4-6,9-10H2,1-3H3,(H,26,28). The van der Waals surface area contributed by atoms with E-state index in [1.54, 1.807) is 12.1 Å². The van der Waals surface area contributed by atoms with Gasteiger partial charge in [-0.1, -0.05) is 50.4 Å². The van der Waals surface area contributed by atoms with Crippen LogP contribution in [0.5, 0.6) is 0 Å². The average Bonchev–Trinajstić information content (AvgIpc) is 3.05. The monoisotopic (exact) mass is 396 g/mol. The van der Waals surface area contributed by atoms with Gasteiger partial charge in [0.15, 0.2) is 0 Å². The molecule has 0 bridgehead atoms. The molecule has 148 valence electrons. The zero-order valence-corrected chi connectivity index (χ0v) is 17.7. The van der Waals surface area contributed by atoms with Gasteiger partial charge in [0, 0.05) is 28.8 Å². The summed E-state index contributed by atoms with van der Waals surface area (Å²) in [5, 5.41) is 4.62. The van der Waals surface area contributed by atoms with E-state index in [4.69, 9.17) is 11.6 Å². The molecule has 1 amide bonds. The summed E-state index contributed by atoms with van der Waals surface area (Å²) in [6.45, 7) is 7.66. The Kier molecular flexibility index (Phi) is 6.79. The van der Waals surface area contributed by atoms with E-state index in [1.807, 2.05) is 18.2 Å². The van der Waals surface area contributed by atoms with Gasteiger partial charge in [-0.3, -0.25) is 4.79 Å². The van der Waals surface area contributed by atoms with Crippen molar-refractivity contribution in [3.8, 4) is 0 Å². The molecule has 28 heavy (non-hydrogen) atoms. The molecule has 3 aromatic rings. The van der Waals surface area contributed by atoms with Crippen LogP contribution in [0, 0.1) is 0 Å². The number of aryl methyl sites for hydroxylation is 1. The SMILES string of the molecule is CCCC(CCC)c1cc2cc(NC(=O)c3ccccc3Cl)ccc2n1CC. The van der Waals surface area contributed by atoms with Crippen LogP contribution in [0.3, 0.4) is 0 Å². The number of rotatable bonds is 8. The number of nitrogens with one attached hydrogen (secondary N) is 1. The highest BCUT2D eigenvalue weighted by Gasteiger charge is 2.17. The molecule has 3 rings (SSSR count). The highest BCUT2D eigenvalue weighted by molar-refractivity contribution is 6.34. The summed E-state index contributed by atoms with van der Waals surface area (Å²) in [5.41, 5.74) is 3.92. The zero-order valence-electron chi connectivity index (χ0n) is 17.0. The molecule has 0 aliphatic heterocycles. The number of fused-ring (bicyclic) bond motifs is 1. The van der Waals surface area contributed by atoms with Gasteiger partial charge in [-0.2, -0.15) is 0 Å². The lowest BCUT2D eigenvalue weighted by Crippen LogP contribution is -2.12.